The van der Waals surface area contributed by atoms with Crippen molar-refractivity contribution < 1.29 is 28.4 Å². The summed E-state index contributed by atoms with van der Waals surface area (Å²) in [6, 6.07) is -0.249. The van der Waals surface area contributed by atoms with Gasteiger partial charge in [-0.1, -0.05) is 0 Å². The van der Waals surface area contributed by atoms with Crippen molar-refractivity contribution in [2.45, 2.75) is 12.5 Å². The number of hydrogen-bond donors (Lipinski definition) is 4. The smallest absolute Gasteiger partial charge is 0.390 e. The highest BCUT2D eigenvalue weighted by Gasteiger charge is 2.28. The first kappa shape index (κ1) is 12.2. The highest BCUT2D eigenvalue weighted by molar-refractivity contribution is 7.52. The molecule has 0 aromatic heterocycles. The summed E-state index contributed by atoms with van der Waals surface area (Å²) >= 11 is 0. The van der Waals surface area contributed by atoms with Crippen LogP contribution in [0, 0.1) is 0 Å². The van der Waals surface area contributed by atoms with Gasteiger partial charge in [0.1, 0.15) is 0 Å². The topological polar surface area (TPSA) is 107 Å². The second-order valence-electron chi connectivity index (χ2n) is 2.42. The predicted molar refractivity (Wildman–Crippen MR) is 43.5 cm³/mol. The van der Waals surface area contributed by atoms with Crippen LogP contribution in [0.3, 0.4) is 0 Å². The Bertz CT molecular complexity index is 177. The van der Waals surface area contributed by atoms with E-state index in [2.05, 4.69) is 4.52 Å². The number of hydrogen-bond acceptors (Lipinski definition) is 5. The van der Waals surface area contributed by atoms with E-state index < -0.39 is 16.4 Å². The maximum atomic E-state index is 10.8. The molecule has 6 nitrogen and oxygen atoms in total. The van der Waals surface area contributed by atoms with Gasteiger partial charge in [0.25, 0.3) is 0 Å². The van der Waals surface area contributed by atoms with Crippen molar-refractivity contribution in [3.63, 3.8) is 0 Å². The molecule has 1 unspecified atom stereocenters. The summed E-state index contributed by atoms with van der Waals surface area (Å²) in [7, 11) is -6.53. The zero-order chi connectivity index (χ0) is 9.83. The van der Waals surface area contributed by atoms with Crippen LogP contribution >= 0.6 is 7.60 Å². The van der Waals surface area contributed by atoms with Gasteiger partial charge in [0.2, 0.25) is 0 Å². The Kier molecular flexibility index (Phi) is 4.57. The Labute approximate surface area is 71.3 Å². The molecule has 0 heterocycles. The first-order chi connectivity index (χ1) is 5.27. The standard InChI is InChI=1S/C4H13O6PSi/c1-10-11(5,6)3-2-4-12(7,8)9/h7-9H,2-4H2,1H3,(H,5,6). The normalized spacial score (nSPS) is 17.4. The van der Waals surface area contributed by atoms with Gasteiger partial charge < -0.3 is 23.8 Å². The quantitative estimate of drug-likeness (QED) is 0.351. The second-order valence-corrected chi connectivity index (χ2v) is 6.56. The molecule has 4 N–H and O–H groups in total. The lowest BCUT2D eigenvalue weighted by molar-refractivity contribution is 0.227. The predicted octanol–water partition coefficient (Wildman–Crippen LogP) is -0.876. The van der Waals surface area contributed by atoms with Crippen LogP contribution in [0.1, 0.15) is 6.42 Å². The summed E-state index contributed by atoms with van der Waals surface area (Å²) in [6.07, 6.45) is -0.128. The van der Waals surface area contributed by atoms with Crippen LogP contribution in [0.2, 0.25) is 6.04 Å². The molecule has 12 heavy (non-hydrogen) atoms. The minimum Gasteiger partial charge on any atom is -0.390 e. The molecule has 0 radical (unpaired) electrons. The molecule has 0 fully saturated rings. The van der Waals surface area contributed by atoms with E-state index in [0.717, 1.165) is 7.11 Å². The third kappa shape index (κ3) is 6.93. The summed E-state index contributed by atoms with van der Waals surface area (Å²) in [5.41, 5.74) is 0. The first-order valence-corrected chi connectivity index (χ1v) is 7.13. The van der Waals surface area contributed by atoms with E-state index in [9.17, 15) is 4.57 Å². The minimum absolute atomic E-state index is 0.0529. The SMILES string of the molecule is COP(=O)(O)CCC[Si](O)(O)O. The molecule has 0 spiro atoms. The second kappa shape index (κ2) is 4.47. The van der Waals surface area contributed by atoms with E-state index in [1.165, 1.54) is 0 Å². The van der Waals surface area contributed by atoms with Crippen molar-refractivity contribution in [2.24, 2.45) is 0 Å². The van der Waals surface area contributed by atoms with Gasteiger partial charge in [0.05, 0.1) is 0 Å². The van der Waals surface area contributed by atoms with E-state index in [1.807, 2.05) is 0 Å². The minimum atomic E-state index is -4.06. The van der Waals surface area contributed by atoms with Crippen LogP contribution in [-0.4, -0.2) is 41.4 Å². The average Bonchev–Trinajstić information content (AvgIpc) is 1.84. The molecular weight excluding hydrogens is 203 g/mol. The zero-order valence-electron chi connectivity index (χ0n) is 6.67. The zero-order valence-corrected chi connectivity index (χ0v) is 8.57. The Hall–Kier alpha value is 0.247. The Morgan fingerprint density at radius 2 is 1.92 bits per heavy atom. The largest absolute Gasteiger partial charge is 0.492 e. The van der Waals surface area contributed by atoms with Crippen LogP contribution in [0.4, 0.5) is 0 Å². The van der Waals surface area contributed by atoms with Crippen molar-refractivity contribution >= 4 is 16.4 Å². The maximum absolute atomic E-state index is 10.8. The molecule has 0 aliphatic carbocycles. The van der Waals surface area contributed by atoms with Gasteiger partial charge in [-0.05, 0) is 6.42 Å². The van der Waals surface area contributed by atoms with Crippen molar-refractivity contribution in [3.05, 3.63) is 0 Å². The molecule has 0 aromatic rings. The van der Waals surface area contributed by atoms with E-state index >= 15 is 0 Å². The van der Waals surface area contributed by atoms with Crippen LogP contribution in [0.15, 0.2) is 0 Å². The number of rotatable bonds is 5. The van der Waals surface area contributed by atoms with Crippen molar-refractivity contribution in [1.29, 1.82) is 0 Å². The molecule has 0 aliphatic rings. The summed E-state index contributed by atoms with van der Waals surface area (Å²) in [6.45, 7) is 0. The van der Waals surface area contributed by atoms with Gasteiger partial charge >= 0.3 is 16.4 Å². The summed E-state index contributed by atoms with van der Waals surface area (Å²) in [5.74, 6) is 0. The molecule has 0 saturated heterocycles. The Balaban J connectivity index is 3.65. The van der Waals surface area contributed by atoms with Crippen LogP contribution in [-0.2, 0) is 9.09 Å². The molecular formula is C4H13O6PSi. The monoisotopic (exact) mass is 216 g/mol. The van der Waals surface area contributed by atoms with E-state index in [1.54, 1.807) is 0 Å². The van der Waals surface area contributed by atoms with Gasteiger partial charge in [-0.25, -0.2) is 0 Å². The van der Waals surface area contributed by atoms with Crippen molar-refractivity contribution in [1.82, 2.24) is 0 Å². The van der Waals surface area contributed by atoms with E-state index in [-0.39, 0.29) is 18.6 Å². The van der Waals surface area contributed by atoms with Crippen LogP contribution in [0.5, 0.6) is 0 Å². The molecule has 0 rings (SSSR count). The lowest BCUT2D eigenvalue weighted by Crippen LogP contribution is -2.34. The van der Waals surface area contributed by atoms with Gasteiger partial charge in [-0.15, -0.1) is 0 Å². The fourth-order valence-corrected chi connectivity index (χ4v) is 2.30. The highest BCUT2D eigenvalue weighted by Crippen LogP contribution is 2.41. The lowest BCUT2D eigenvalue weighted by Gasteiger charge is -2.11. The molecule has 0 aliphatic heterocycles. The molecule has 8 heteroatoms. The van der Waals surface area contributed by atoms with Crippen LogP contribution in [0.25, 0.3) is 0 Å². The van der Waals surface area contributed by atoms with Crippen molar-refractivity contribution in [2.75, 3.05) is 13.3 Å². The van der Waals surface area contributed by atoms with Gasteiger partial charge in [-0.3, -0.25) is 4.57 Å². The fourth-order valence-electron chi connectivity index (χ4n) is 0.607. The summed E-state index contributed by atoms with van der Waals surface area (Å²) < 4.78 is 15.0. The molecule has 0 bridgehead atoms. The maximum Gasteiger partial charge on any atom is 0.492 e. The molecule has 1 atom stereocenters. The third-order valence-corrected chi connectivity index (χ3v) is 3.71. The van der Waals surface area contributed by atoms with Crippen LogP contribution < -0.4 is 0 Å². The summed E-state index contributed by atoms with van der Waals surface area (Å²) in [5, 5.41) is 0. The van der Waals surface area contributed by atoms with E-state index in [4.69, 9.17) is 19.3 Å². The lowest BCUT2D eigenvalue weighted by atomic mass is 10.6. The van der Waals surface area contributed by atoms with Gasteiger partial charge in [-0.2, -0.15) is 0 Å². The molecule has 0 aromatic carbocycles. The Morgan fingerprint density at radius 1 is 1.42 bits per heavy atom. The molecule has 0 saturated carbocycles. The molecule has 0 amide bonds. The van der Waals surface area contributed by atoms with Gasteiger partial charge in [0, 0.05) is 19.3 Å². The van der Waals surface area contributed by atoms with Gasteiger partial charge in [0.15, 0.2) is 0 Å². The highest BCUT2D eigenvalue weighted by atomic mass is 31.2. The fraction of sp³-hybridized carbons (Fsp3) is 1.00. The van der Waals surface area contributed by atoms with E-state index in [0.29, 0.717) is 0 Å². The Morgan fingerprint density at radius 3 is 2.25 bits per heavy atom. The average molecular weight is 216 g/mol. The first-order valence-electron chi connectivity index (χ1n) is 3.31. The molecule has 74 valence electrons. The summed E-state index contributed by atoms with van der Waals surface area (Å²) in [4.78, 5) is 34.4. The third-order valence-electron chi connectivity index (χ3n) is 1.24. The van der Waals surface area contributed by atoms with Crippen molar-refractivity contribution in [3.8, 4) is 0 Å².